The molecular weight excluding hydrogens is 320 g/mol. The predicted molar refractivity (Wildman–Crippen MR) is 90.4 cm³/mol. The van der Waals surface area contributed by atoms with Gasteiger partial charge in [-0.15, -0.1) is 10.2 Å². The molecule has 0 spiro atoms. The van der Waals surface area contributed by atoms with E-state index in [1.54, 1.807) is 6.26 Å². The zero-order valence-electron chi connectivity index (χ0n) is 14.5. The third kappa shape index (κ3) is 3.49. The van der Waals surface area contributed by atoms with Crippen LogP contribution >= 0.6 is 0 Å². The molecule has 8 nitrogen and oxygen atoms in total. The molecule has 0 N–H and O–H groups in total. The summed E-state index contributed by atoms with van der Waals surface area (Å²) >= 11 is 0. The summed E-state index contributed by atoms with van der Waals surface area (Å²) in [6.07, 6.45) is 5.44. The van der Waals surface area contributed by atoms with Crippen molar-refractivity contribution >= 4 is 0 Å². The van der Waals surface area contributed by atoms with E-state index in [4.69, 9.17) is 8.83 Å². The van der Waals surface area contributed by atoms with Crippen LogP contribution in [0.2, 0.25) is 0 Å². The number of aromatic nitrogens is 4. The molecule has 1 aliphatic rings. The molecular formula is C17H22N6O2. The molecule has 0 bridgehead atoms. The van der Waals surface area contributed by atoms with E-state index in [0.717, 1.165) is 32.0 Å². The highest BCUT2D eigenvalue weighted by Crippen LogP contribution is 2.20. The van der Waals surface area contributed by atoms with Crippen LogP contribution in [0.25, 0.3) is 11.7 Å². The minimum atomic E-state index is 0.432. The van der Waals surface area contributed by atoms with Crippen LogP contribution in [0.3, 0.4) is 0 Å². The Bertz CT molecular complexity index is 809. The SMILES string of the molecule is C[C@H]1CN(Cc2nnc(-c3ccco3)o2)CCN1Cc1nccn1C. The molecule has 3 aromatic rings. The number of imidazole rings is 1. The second-order valence-electron chi connectivity index (χ2n) is 6.49. The summed E-state index contributed by atoms with van der Waals surface area (Å²) in [5.41, 5.74) is 0. The molecule has 8 heteroatoms. The van der Waals surface area contributed by atoms with Crippen molar-refractivity contribution in [3.8, 4) is 11.7 Å². The second kappa shape index (κ2) is 6.81. The lowest BCUT2D eigenvalue weighted by molar-refractivity contribution is 0.0658. The van der Waals surface area contributed by atoms with Gasteiger partial charge in [0.2, 0.25) is 5.89 Å². The third-order valence-electron chi connectivity index (χ3n) is 4.67. The normalized spacial score (nSPS) is 19.5. The van der Waals surface area contributed by atoms with Gasteiger partial charge in [0, 0.05) is 45.1 Å². The molecule has 25 heavy (non-hydrogen) atoms. The highest BCUT2D eigenvalue weighted by atomic mass is 16.4. The molecule has 0 radical (unpaired) electrons. The smallest absolute Gasteiger partial charge is 0.283 e. The van der Waals surface area contributed by atoms with Crippen molar-refractivity contribution < 1.29 is 8.83 Å². The minimum absolute atomic E-state index is 0.432. The van der Waals surface area contributed by atoms with Crippen LogP contribution in [0, 0.1) is 0 Å². The van der Waals surface area contributed by atoms with E-state index in [2.05, 4.69) is 36.5 Å². The lowest BCUT2D eigenvalue weighted by Gasteiger charge is -2.39. The van der Waals surface area contributed by atoms with Crippen LogP contribution in [0.5, 0.6) is 0 Å². The van der Waals surface area contributed by atoms with Gasteiger partial charge in [0.1, 0.15) is 5.82 Å². The Morgan fingerprint density at radius 3 is 2.88 bits per heavy atom. The molecule has 1 fully saturated rings. The van der Waals surface area contributed by atoms with Crippen LogP contribution in [0.4, 0.5) is 0 Å². The maximum absolute atomic E-state index is 5.71. The number of hydrogen-bond acceptors (Lipinski definition) is 7. The average Bonchev–Trinajstić information content (AvgIpc) is 3.32. The van der Waals surface area contributed by atoms with Crippen LogP contribution < -0.4 is 0 Å². The van der Waals surface area contributed by atoms with E-state index in [1.807, 2.05) is 31.6 Å². The lowest BCUT2D eigenvalue weighted by atomic mass is 10.2. The van der Waals surface area contributed by atoms with Gasteiger partial charge in [-0.2, -0.15) is 0 Å². The first-order chi connectivity index (χ1) is 12.2. The van der Waals surface area contributed by atoms with Crippen LogP contribution in [-0.4, -0.2) is 55.2 Å². The van der Waals surface area contributed by atoms with Crippen LogP contribution in [0.1, 0.15) is 18.6 Å². The van der Waals surface area contributed by atoms with Crippen molar-refractivity contribution in [3.05, 3.63) is 42.5 Å². The van der Waals surface area contributed by atoms with Crippen molar-refractivity contribution in [2.45, 2.75) is 26.1 Å². The van der Waals surface area contributed by atoms with Gasteiger partial charge in [0.25, 0.3) is 5.89 Å². The molecule has 0 unspecified atom stereocenters. The number of nitrogens with zero attached hydrogens (tertiary/aromatic N) is 6. The van der Waals surface area contributed by atoms with Gasteiger partial charge >= 0.3 is 0 Å². The quantitative estimate of drug-likeness (QED) is 0.699. The fourth-order valence-electron chi connectivity index (χ4n) is 3.19. The third-order valence-corrected chi connectivity index (χ3v) is 4.67. The summed E-state index contributed by atoms with van der Waals surface area (Å²) in [6.45, 7) is 6.70. The lowest BCUT2D eigenvalue weighted by Crippen LogP contribution is -2.51. The van der Waals surface area contributed by atoms with Crippen LogP contribution in [-0.2, 0) is 20.1 Å². The maximum Gasteiger partial charge on any atom is 0.283 e. The fourth-order valence-corrected chi connectivity index (χ4v) is 3.19. The molecule has 0 aromatic carbocycles. The number of aryl methyl sites for hydroxylation is 1. The van der Waals surface area contributed by atoms with E-state index in [9.17, 15) is 0 Å². The van der Waals surface area contributed by atoms with Crippen molar-refractivity contribution in [2.24, 2.45) is 7.05 Å². The van der Waals surface area contributed by atoms with Crippen molar-refractivity contribution in [1.82, 2.24) is 29.5 Å². The highest BCUT2D eigenvalue weighted by molar-refractivity contribution is 5.42. The monoisotopic (exact) mass is 342 g/mol. The molecule has 4 heterocycles. The van der Waals surface area contributed by atoms with Gasteiger partial charge in [-0.1, -0.05) is 0 Å². The molecule has 1 aliphatic heterocycles. The minimum Gasteiger partial charge on any atom is -0.459 e. The van der Waals surface area contributed by atoms with E-state index in [-0.39, 0.29) is 0 Å². The summed E-state index contributed by atoms with van der Waals surface area (Å²) in [6, 6.07) is 4.06. The predicted octanol–water partition coefficient (Wildman–Crippen LogP) is 1.77. The number of furan rings is 1. The Morgan fingerprint density at radius 2 is 2.16 bits per heavy atom. The van der Waals surface area contributed by atoms with Gasteiger partial charge in [-0.3, -0.25) is 9.80 Å². The van der Waals surface area contributed by atoms with Crippen molar-refractivity contribution in [3.63, 3.8) is 0 Å². The van der Waals surface area contributed by atoms with Gasteiger partial charge in [-0.05, 0) is 19.1 Å². The number of piperazine rings is 1. The van der Waals surface area contributed by atoms with Gasteiger partial charge in [0.15, 0.2) is 5.76 Å². The summed E-state index contributed by atoms with van der Waals surface area (Å²) in [5, 5.41) is 8.20. The summed E-state index contributed by atoms with van der Waals surface area (Å²) in [4.78, 5) is 9.23. The average molecular weight is 342 g/mol. The molecule has 4 rings (SSSR count). The number of rotatable bonds is 5. The summed E-state index contributed by atoms with van der Waals surface area (Å²) in [5.74, 6) is 2.75. The topological polar surface area (TPSA) is 76.4 Å². The molecule has 3 aromatic heterocycles. The Morgan fingerprint density at radius 1 is 1.24 bits per heavy atom. The Labute approximate surface area is 146 Å². The zero-order valence-corrected chi connectivity index (χ0v) is 14.5. The van der Waals surface area contributed by atoms with Crippen molar-refractivity contribution in [2.75, 3.05) is 19.6 Å². The van der Waals surface area contributed by atoms with E-state index in [0.29, 0.717) is 30.1 Å². The number of hydrogen-bond donors (Lipinski definition) is 0. The van der Waals surface area contributed by atoms with Gasteiger partial charge in [-0.25, -0.2) is 4.98 Å². The Kier molecular flexibility index (Phi) is 4.37. The van der Waals surface area contributed by atoms with E-state index >= 15 is 0 Å². The van der Waals surface area contributed by atoms with E-state index in [1.165, 1.54) is 0 Å². The standard InChI is InChI=1S/C17H22N6O2/c1-13-10-22(7-8-23(13)11-15-18-5-6-21(15)2)12-16-19-20-17(25-16)14-4-3-9-24-14/h3-6,9,13H,7-8,10-12H2,1-2H3/t13-/m0/s1. The molecule has 0 saturated carbocycles. The molecule has 0 amide bonds. The maximum atomic E-state index is 5.71. The summed E-state index contributed by atoms with van der Waals surface area (Å²) < 4.78 is 13.1. The van der Waals surface area contributed by atoms with Crippen LogP contribution in [0.15, 0.2) is 39.6 Å². The Balaban J connectivity index is 1.34. The molecule has 132 valence electrons. The van der Waals surface area contributed by atoms with E-state index < -0.39 is 0 Å². The zero-order chi connectivity index (χ0) is 17.2. The molecule has 1 atom stereocenters. The largest absolute Gasteiger partial charge is 0.459 e. The first-order valence-corrected chi connectivity index (χ1v) is 8.48. The second-order valence-corrected chi connectivity index (χ2v) is 6.49. The molecule has 0 aliphatic carbocycles. The molecule has 1 saturated heterocycles. The highest BCUT2D eigenvalue weighted by Gasteiger charge is 2.26. The van der Waals surface area contributed by atoms with Gasteiger partial charge < -0.3 is 13.4 Å². The fraction of sp³-hybridized carbons (Fsp3) is 0.471. The summed E-state index contributed by atoms with van der Waals surface area (Å²) in [7, 11) is 2.04. The Hall–Kier alpha value is -2.45. The first kappa shape index (κ1) is 16.0. The first-order valence-electron chi connectivity index (χ1n) is 8.48. The van der Waals surface area contributed by atoms with Gasteiger partial charge in [0.05, 0.1) is 19.4 Å². The van der Waals surface area contributed by atoms with Crippen molar-refractivity contribution in [1.29, 1.82) is 0 Å².